The first kappa shape index (κ1) is 9.71. The SMILES string of the molecule is Cc1c(F)cccc1NCc1ccn[nH]1. The van der Waals surface area contributed by atoms with Gasteiger partial charge in [-0.25, -0.2) is 4.39 Å². The Morgan fingerprint density at radius 1 is 1.40 bits per heavy atom. The molecule has 78 valence electrons. The minimum absolute atomic E-state index is 0.190. The molecule has 2 aromatic rings. The third-order valence-electron chi connectivity index (χ3n) is 2.30. The van der Waals surface area contributed by atoms with Crippen molar-refractivity contribution in [1.29, 1.82) is 0 Å². The van der Waals surface area contributed by atoms with Crippen LogP contribution in [0.4, 0.5) is 10.1 Å². The van der Waals surface area contributed by atoms with Gasteiger partial charge in [-0.3, -0.25) is 5.10 Å². The molecule has 0 amide bonds. The van der Waals surface area contributed by atoms with Crippen LogP contribution in [0.2, 0.25) is 0 Å². The van der Waals surface area contributed by atoms with Crippen LogP contribution < -0.4 is 5.32 Å². The van der Waals surface area contributed by atoms with E-state index in [9.17, 15) is 4.39 Å². The van der Waals surface area contributed by atoms with Gasteiger partial charge in [0.2, 0.25) is 0 Å². The molecule has 0 atom stereocenters. The van der Waals surface area contributed by atoms with Gasteiger partial charge in [0.25, 0.3) is 0 Å². The zero-order valence-corrected chi connectivity index (χ0v) is 8.42. The molecule has 0 aliphatic carbocycles. The molecule has 2 N–H and O–H groups in total. The van der Waals surface area contributed by atoms with Gasteiger partial charge in [-0.05, 0) is 25.1 Å². The van der Waals surface area contributed by atoms with Crippen molar-refractivity contribution in [2.45, 2.75) is 13.5 Å². The number of benzene rings is 1. The number of hydrogen-bond acceptors (Lipinski definition) is 2. The molecule has 1 heterocycles. The van der Waals surface area contributed by atoms with E-state index in [-0.39, 0.29) is 5.82 Å². The molecule has 1 aromatic carbocycles. The lowest BCUT2D eigenvalue weighted by molar-refractivity contribution is 0.619. The van der Waals surface area contributed by atoms with Gasteiger partial charge in [0, 0.05) is 17.4 Å². The van der Waals surface area contributed by atoms with Crippen LogP contribution >= 0.6 is 0 Å². The molecule has 0 aliphatic rings. The van der Waals surface area contributed by atoms with Gasteiger partial charge in [-0.1, -0.05) is 6.07 Å². The number of halogens is 1. The van der Waals surface area contributed by atoms with Crippen molar-refractivity contribution in [3.05, 3.63) is 47.5 Å². The lowest BCUT2D eigenvalue weighted by Gasteiger charge is -2.08. The first-order valence-electron chi connectivity index (χ1n) is 4.74. The van der Waals surface area contributed by atoms with Gasteiger partial charge in [0.05, 0.1) is 12.2 Å². The molecule has 3 nitrogen and oxygen atoms in total. The molecule has 1 aromatic heterocycles. The highest BCUT2D eigenvalue weighted by molar-refractivity contribution is 5.50. The van der Waals surface area contributed by atoms with E-state index in [1.54, 1.807) is 19.2 Å². The summed E-state index contributed by atoms with van der Waals surface area (Å²) in [5, 5.41) is 9.82. The quantitative estimate of drug-likeness (QED) is 0.808. The van der Waals surface area contributed by atoms with Crippen LogP contribution in [-0.2, 0) is 6.54 Å². The Hall–Kier alpha value is -1.84. The van der Waals surface area contributed by atoms with E-state index in [0.29, 0.717) is 12.1 Å². The first-order valence-corrected chi connectivity index (χ1v) is 4.74. The molecule has 15 heavy (non-hydrogen) atoms. The standard InChI is InChI=1S/C11H12FN3/c1-8-10(12)3-2-4-11(8)13-7-9-5-6-14-15-9/h2-6,13H,7H2,1H3,(H,14,15). The van der Waals surface area contributed by atoms with Crippen LogP contribution in [-0.4, -0.2) is 10.2 Å². The Kier molecular flexibility index (Phi) is 2.67. The second-order valence-electron chi connectivity index (χ2n) is 3.35. The molecule has 4 heteroatoms. The fourth-order valence-corrected chi connectivity index (χ4v) is 1.37. The largest absolute Gasteiger partial charge is 0.379 e. The van der Waals surface area contributed by atoms with Crippen molar-refractivity contribution >= 4 is 5.69 Å². The topological polar surface area (TPSA) is 40.7 Å². The molecule has 0 fully saturated rings. The lowest BCUT2D eigenvalue weighted by Crippen LogP contribution is -2.02. The van der Waals surface area contributed by atoms with Crippen LogP contribution in [0, 0.1) is 12.7 Å². The Morgan fingerprint density at radius 3 is 3.00 bits per heavy atom. The number of nitrogens with one attached hydrogen (secondary N) is 2. The Balaban J connectivity index is 2.08. The summed E-state index contributed by atoms with van der Waals surface area (Å²) >= 11 is 0. The lowest BCUT2D eigenvalue weighted by atomic mass is 10.2. The predicted octanol–water partition coefficient (Wildman–Crippen LogP) is 2.47. The summed E-state index contributed by atoms with van der Waals surface area (Å²) in [7, 11) is 0. The molecule has 0 spiro atoms. The third kappa shape index (κ3) is 2.15. The summed E-state index contributed by atoms with van der Waals surface area (Å²) in [6, 6.07) is 6.88. The third-order valence-corrected chi connectivity index (χ3v) is 2.30. The molecule has 0 aliphatic heterocycles. The summed E-state index contributed by atoms with van der Waals surface area (Å²) in [6.45, 7) is 2.37. The number of nitrogens with zero attached hydrogens (tertiary/aromatic N) is 1. The highest BCUT2D eigenvalue weighted by Gasteiger charge is 2.02. The number of aromatic nitrogens is 2. The molecule has 0 bridgehead atoms. The maximum Gasteiger partial charge on any atom is 0.128 e. The Morgan fingerprint density at radius 2 is 2.27 bits per heavy atom. The van der Waals surface area contributed by atoms with Gasteiger partial charge >= 0.3 is 0 Å². The summed E-state index contributed by atoms with van der Waals surface area (Å²) in [5.74, 6) is -0.190. The minimum atomic E-state index is -0.190. The molecular weight excluding hydrogens is 193 g/mol. The molecule has 0 saturated heterocycles. The highest BCUT2D eigenvalue weighted by Crippen LogP contribution is 2.17. The van der Waals surface area contributed by atoms with Gasteiger partial charge in [-0.15, -0.1) is 0 Å². The van der Waals surface area contributed by atoms with E-state index >= 15 is 0 Å². The van der Waals surface area contributed by atoms with Crippen LogP contribution in [0.15, 0.2) is 30.5 Å². The number of anilines is 1. The number of rotatable bonds is 3. The van der Waals surface area contributed by atoms with Gasteiger partial charge in [0.1, 0.15) is 5.82 Å². The zero-order chi connectivity index (χ0) is 10.7. The second kappa shape index (κ2) is 4.13. The predicted molar refractivity (Wildman–Crippen MR) is 57.1 cm³/mol. The molecule has 2 rings (SSSR count). The van der Waals surface area contributed by atoms with Crippen molar-refractivity contribution in [3.63, 3.8) is 0 Å². The van der Waals surface area contributed by atoms with E-state index in [1.165, 1.54) is 6.07 Å². The normalized spacial score (nSPS) is 10.3. The Bertz CT molecular complexity index is 437. The summed E-state index contributed by atoms with van der Waals surface area (Å²) in [5.41, 5.74) is 2.42. The smallest absolute Gasteiger partial charge is 0.128 e. The highest BCUT2D eigenvalue weighted by atomic mass is 19.1. The zero-order valence-electron chi connectivity index (χ0n) is 8.42. The fraction of sp³-hybridized carbons (Fsp3) is 0.182. The monoisotopic (exact) mass is 205 g/mol. The van der Waals surface area contributed by atoms with E-state index in [4.69, 9.17) is 0 Å². The van der Waals surface area contributed by atoms with Crippen molar-refractivity contribution < 1.29 is 4.39 Å². The fourth-order valence-electron chi connectivity index (χ4n) is 1.37. The van der Waals surface area contributed by atoms with Crippen molar-refractivity contribution in [3.8, 4) is 0 Å². The maximum absolute atomic E-state index is 13.2. The summed E-state index contributed by atoms with van der Waals surface area (Å²) in [6.07, 6.45) is 1.69. The van der Waals surface area contributed by atoms with Crippen LogP contribution in [0.3, 0.4) is 0 Å². The minimum Gasteiger partial charge on any atom is -0.379 e. The average molecular weight is 205 g/mol. The molecular formula is C11H12FN3. The maximum atomic E-state index is 13.2. The van der Waals surface area contributed by atoms with Crippen molar-refractivity contribution in [1.82, 2.24) is 10.2 Å². The van der Waals surface area contributed by atoms with Crippen LogP contribution in [0.25, 0.3) is 0 Å². The van der Waals surface area contributed by atoms with Gasteiger partial charge < -0.3 is 5.32 Å². The van der Waals surface area contributed by atoms with E-state index in [2.05, 4.69) is 15.5 Å². The number of hydrogen-bond donors (Lipinski definition) is 2. The number of H-pyrrole nitrogens is 1. The second-order valence-corrected chi connectivity index (χ2v) is 3.35. The van der Waals surface area contributed by atoms with Crippen LogP contribution in [0.1, 0.15) is 11.3 Å². The molecule has 0 saturated carbocycles. The average Bonchev–Trinajstić information content (AvgIpc) is 2.73. The first-order chi connectivity index (χ1) is 7.27. The summed E-state index contributed by atoms with van der Waals surface area (Å²) < 4.78 is 13.2. The van der Waals surface area contributed by atoms with Crippen molar-refractivity contribution in [2.24, 2.45) is 0 Å². The molecule has 0 unspecified atom stereocenters. The van der Waals surface area contributed by atoms with E-state index < -0.39 is 0 Å². The summed E-state index contributed by atoms with van der Waals surface area (Å²) in [4.78, 5) is 0. The van der Waals surface area contributed by atoms with Crippen LogP contribution in [0.5, 0.6) is 0 Å². The van der Waals surface area contributed by atoms with E-state index in [1.807, 2.05) is 12.1 Å². The number of aromatic amines is 1. The van der Waals surface area contributed by atoms with Gasteiger partial charge in [-0.2, -0.15) is 5.10 Å². The van der Waals surface area contributed by atoms with Crippen molar-refractivity contribution in [2.75, 3.05) is 5.32 Å². The Labute approximate surface area is 87.3 Å². The molecule has 0 radical (unpaired) electrons. The van der Waals surface area contributed by atoms with Gasteiger partial charge in [0.15, 0.2) is 0 Å². The van der Waals surface area contributed by atoms with E-state index in [0.717, 1.165) is 11.4 Å².